The zero-order valence-corrected chi connectivity index (χ0v) is 17.5. The highest BCUT2D eigenvalue weighted by Crippen LogP contribution is 2.28. The van der Waals surface area contributed by atoms with Crippen LogP contribution in [0.15, 0.2) is 47.6 Å². The quantitative estimate of drug-likeness (QED) is 0.632. The second-order valence-corrected chi connectivity index (χ2v) is 7.92. The molecule has 146 valence electrons. The third kappa shape index (κ3) is 4.20. The molecule has 7 heteroatoms. The summed E-state index contributed by atoms with van der Waals surface area (Å²) in [4.78, 5) is 12.7. The molecule has 0 aliphatic heterocycles. The Bertz CT molecular complexity index is 962. The van der Waals surface area contributed by atoms with Gasteiger partial charge >= 0.3 is 0 Å². The lowest BCUT2D eigenvalue weighted by Gasteiger charge is -2.15. The van der Waals surface area contributed by atoms with Crippen LogP contribution in [0.3, 0.4) is 0 Å². The van der Waals surface area contributed by atoms with Crippen LogP contribution in [-0.2, 0) is 11.8 Å². The lowest BCUT2D eigenvalue weighted by Crippen LogP contribution is -2.23. The van der Waals surface area contributed by atoms with E-state index in [4.69, 9.17) is 4.74 Å². The van der Waals surface area contributed by atoms with Gasteiger partial charge in [-0.25, -0.2) is 0 Å². The molecule has 1 atom stereocenters. The molecule has 0 radical (unpaired) electrons. The first-order chi connectivity index (χ1) is 13.4. The molecule has 6 nitrogen and oxygen atoms in total. The van der Waals surface area contributed by atoms with E-state index in [-0.39, 0.29) is 11.2 Å². The number of nitrogens with zero attached hydrogens (tertiary/aromatic N) is 3. The Hall–Kier alpha value is -2.80. The fourth-order valence-corrected chi connectivity index (χ4v) is 3.67. The number of aryl methyl sites for hydroxylation is 2. The third-order valence-electron chi connectivity index (χ3n) is 4.56. The molecule has 3 aromatic rings. The highest BCUT2D eigenvalue weighted by atomic mass is 32.2. The molecule has 0 bridgehead atoms. The molecule has 28 heavy (non-hydrogen) atoms. The Kier molecular flexibility index (Phi) is 6.04. The van der Waals surface area contributed by atoms with Crippen molar-refractivity contribution < 1.29 is 9.53 Å². The van der Waals surface area contributed by atoms with Crippen LogP contribution in [0.5, 0.6) is 5.75 Å². The molecule has 1 amide bonds. The molecular weight excluding hydrogens is 372 g/mol. The van der Waals surface area contributed by atoms with Gasteiger partial charge < -0.3 is 14.6 Å². The van der Waals surface area contributed by atoms with Crippen LogP contribution in [-0.4, -0.2) is 33.0 Å². The molecule has 0 fully saturated rings. The largest absolute Gasteiger partial charge is 0.497 e. The number of nitrogens with one attached hydrogen (secondary N) is 1. The minimum atomic E-state index is -0.314. The fourth-order valence-electron chi connectivity index (χ4n) is 2.86. The van der Waals surface area contributed by atoms with Crippen molar-refractivity contribution in [1.82, 2.24) is 14.8 Å². The van der Waals surface area contributed by atoms with E-state index in [2.05, 4.69) is 15.5 Å². The van der Waals surface area contributed by atoms with E-state index >= 15 is 0 Å². The summed E-state index contributed by atoms with van der Waals surface area (Å²) in [7, 11) is 3.54. The second-order valence-electron chi connectivity index (χ2n) is 6.61. The van der Waals surface area contributed by atoms with Gasteiger partial charge in [-0.05, 0) is 56.2 Å². The van der Waals surface area contributed by atoms with Crippen LogP contribution in [0.2, 0.25) is 0 Å². The van der Waals surface area contributed by atoms with E-state index in [0.717, 1.165) is 34.0 Å². The summed E-state index contributed by atoms with van der Waals surface area (Å²) < 4.78 is 7.09. The van der Waals surface area contributed by atoms with Gasteiger partial charge in [-0.1, -0.05) is 30.0 Å². The van der Waals surface area contributed by atoms with Crippen LogP contribution in [0.4, 0.5) is 5.69 Å². The first kappa shape index (κ1) is 19.9. The van der Waals surface area contributed by atoms with Gasteiger partial charge in [0.1, 0.15) is 5.75 Å². The van der Waals surface area contributed by atoms with Gasteiger partial charge in [0.2, 0.25) is 5.91 Å². The van der Waals surface area contributed by atoms with Gasteiger partial charge in [-0.3, -0.25) is 4.79 Å². The number of rotatable bonds is 6. The Morgan fingerprint density at radius 3 is 2.36 bits per heavy atom. The molecule has 0 saturated carbocycles. The SMILES string of the molecule is COc1ccc(-c2nnc(SC(C)C(=O)Nc3c(C)cccc3C)n2C)cc1. The van der Waals surface area contributed by atoms with Crippen LogP contribution < -0.4 is 10.1 Å². The van der Waals surface area contributed by atoms with Crippen molar-refractivity contribution in [2.24, 2.45) is 7.05 Å². The number of amides is 1. The van der Waals surface area contributed by atoms with Gasteiger partial charge in [0.05, 0.1) is 12.4 Å². The molecule has 3 rings (SSSR count). The lowest BCUT2D eigenvalue weighted by atomic mass is 10.1. The van der Waals surface area contributed by atoms with Gasteiger partial charge in [-0.2, -0.15) is 0 Å². The normalized spacial score (nSPS) is 11.9. The summed E-state index contributed by atoms with van der Waals surface area (Å²) in [5.74, 6) is 1.47. The summed E-state index contributed by atoms with van der Waals surface area (Å²) in [6, 6.07) is 13.6. The Labute approximate surface area is 169 Å². The average Bonchev–Trinajstić information content (AvgIpc) is 3.05. The van der Waals surface area contributed by atoms with E-state index in [9.17, 15) is 4.79 Å². The number of hydrogen-bond acceptors (Lipinski definition) is 5. The Morgan fingerprint density at radius 2 is 1.75 bits per heavy atom. The number of benzene rings is 2. The van der Waals surface area contributed by atoms with E-state index < -0.39 is 0 Å². The zero-order valence-electron chi connectivity index (χ0n) is 16.7. The van der Waals surface area contributed by atoms with Gasteiger partial charge in [0.25, 0.3) is 0 Å². The first-order valence-corrected chi connectivity index (χ1v) is 9.86. The summed E-state index contributed by atoms with van der Waals surface area (Å²) in [5, 5.41) is 12.0. The van der Waals surface area contributed by atoms with Crippen LogP contribution in [0.1, 0.15) is 18.1 Å². The topological polar surface area (TPSA) is 69.0 Å². The number of carbonyl (C=O) groups is 1. The maximum absolute atomic E-state index is 12.7. The first-order valence-electron chi connectivity index (χ1n) is 8.98. The second kappa shape index (κ2) is 8.48. The highest BCUT2D eigenvalue weighted by molar-refractivity contribution is 8.00. The zero-order chi connectivity index (χ0) is 20.3. The monoisotopic (exact) mass is 396 g/mol. The number of thioether (sulfide) groups is 1. The van der Waals surface area contributed by atoms with Crippen LogP contribution in [0.25, 0.3) is 11.4 Å². The van der Waals surface area contributed by atoms with E-state index in [1.807, 2.05) is 74.9 Å². The maximum Gasteiger partial charge on any atom is 0.237 e. The summed E-state index contributed by atoms with van der Waals surface area (Å²) >= 11 is 1.39. The molecule has 2 aromatic carbocycles. The standard InChI is InChI=1S/C21H24N4O2S/c1-13-7-6-8-14(2)18(13)22-20(26)15(3)28-21-24-23-19(25(21)4)16-9-11-17(27-5)12-10-16/h6-12,15H,1-5H3,(H,22,26). The summed E-state index contributed by atoms with van der Waals surface area (Å²) in [5.41, 5.74) is 3.91. The van der Waals surface area contributed by atoms with Gasteiger partial charge in [-0.15, -0.1) is 10.2 Å². The van der Waals surface area contributed by atoms with Gasteiger partial charge in [0, 0.05) is 18.3 Å². The molecule has 1 unspecified atom stereocenters. The minimum absolute atomic E-state index is 0.0589. The van der Waals surface area contributed by atoms with Crippen LogP contribution in [0, 0.1) is 13.8 Å². The molecule has 1 heterocycles. The molecule has 1 N–H and O–H groups in total. The summed E-state index contributed by atoms with van der Waals surface area (Å²) in [6.07, 6.45) is 0. The van der Waals surface area contributed by atoms with E-state index in [1.165, 1.54) is 11.8 Å². The number of hydrogen-bond donors (Lipinski definition) is 1. The molecular formula is C21H24N4O2S. The predicted octanol–water partition coefficient (Wildman–Crippen LogP) is 4.23. The lowest BCUT2D eigenvalue weighted by molar-refractivity contribution is -0.115. The van der Waals surface area contributed by atoms with Crippen molar-refractivity contribution in [3.8, 4) is 17.1 Å². The Balaban J connectivity index is 1.73. The fraction of sp³-hybridized carbons (Fsp3) is 0.286. The molecule has 1 aromatic heterocycles. The van der Waals surface area contributed by atoms with Crippen LogP contribution >= 0.6 is 11.8 Å². The van der Waals surface area contributed by atoms with Crippen molar-refractivity contribution >= 4 is 23.4 Å². The van der Waals surface area contributed by atoms with Crippen molar-refractivity contribution in [1.29, 1.82) is 0 Å². The predicted molar refractivity (Wildman–Crippen MR) is 113 cm³/mol. The van der Waals surface area contributed by atoms with E-state index in [0.29, 0.717) is 5.16 Å². The van der Waals surface area contributed by atoms with Crippen molar-refractivity contribution in [2.75, 3.05) is 12.4 Å². The number of para-hydroxylation sites is 1. The smallest absolute Gasteiger partial charge is 0.237 e. The molecule has 0 aliphatic rings. The Morgan fingerprint density at radius 1 is 1.11 bits per heavy atom. The minimum Gasteiger partial charge on any atom is -0.497 e. The number of anilines is 1. The van der Waals surface area contributed by atoms with Crippen molar-refractivity contribution in [3.05, 3.63) is 53.6 Å². The van der Waals surface area contributed by atoms with Gasteiger partial charge in [0.15, 0.2) is 11.0 Å². The number of aromatic nitrogens is 3. The molecule has 0 spiro atoms. The highest BCUT2D eigenvalue weighted by Gasteiger charge is 2.20. The van der Waals surface area contributed by atoms with E-state index in [1.54, 1.807) is 7.11 Å². The maximum atomic E-state index is 12.7. The van der Waals surface area contributed by atoms with Crippen molar-refractivity contribution in [3.63, 3.8) is 0 Å². The summed E-state index contributed by atoms with van der Waals surface area (Å²) in [6.45, 7) is 5.85. The van der Waals surface area contributed by atoms with Crippen molar-refractivity contribution in [2.45, 2.75) is 31.2 Å². The average molecular weight is 397 g/mol. The third-order valence-corrected chi connectivity index (χ3v) is 5.70. The number of ether oxygens (including phenoxy) is 1. The number of carbonyl (C=O) groups excluding carboxylic acids is 1. The number of methoxy groups -OCH3 is 1. The molecule has 0 aliphatic carbocycles. The molecule has 0 saturated heterocycles.